The van der Waals surface area contributed by atoms with E-state index < -0.39 is 25.4 Å². The van der Waals surface area contributed by atoms with Gasteiger partial charge in [-0.1, -0.05) is 0 Å². The minimum absolute atomic E-state index is 0. The molecule has 8 heteroatoms. The van der Waals surface area contributed by atoms with E-state index in [0.717, 1.165) is 0 Å². The third-order valence-electron chi connectivity index (χ3n) is 5.43. The molecule has 0 aromatic rings. The molecule has 27 heavy (non-hydrogen) atoms. The van der Waals surface area contributed by atoms with Crippen LogP contribution in [0.15, 0.2) is 20.0 Å². The summed E-state index contributed by atoms with van der Waals surface area (Å²) in [5, 5.41) is 0. The number of hydrogen-bond donors (Lipinski definition) is 1. The van der Waals surface area contributed by atoms with Crippen LogP contribution in [0.25, 0.3) is 0 Å². The van der Waals surface area contributed by atoms with Gasteiger partial charge in [-0.15, -0.1) is 24.8 Å². The molecule has 0 saturated heterocycles. The molecule has 3 nitrogen and oxygen atoms in total. The van der Waals surface area contributed by atoms with Crippen LogP contribution in [-0.2, 0) is 22.4 Å². The third-order valence-corrected chi connectivity index (χ3v) is 35.6. The van der Waals surface area contributed by atoms with Gasteiger partial charge in [0.1, 0.15) is 0 Å². The molecule has 0 aromatic carbocycles. The van der Waals surface area contributed by atoms with Gasteiger partial charge in [0.2, 0.25) is 0 Å². The molecule has 0 amide bonds. The summed E-state index contributed by atoms with van der Waals surface area (Å²) in [6.07, 6.45) is 0. The van der Waals surface area contributed by atoms with Crippen LogP contribution in [0.5, 0.6) is 0 Å². The first-order valence-corrected chi connectivity index (χ1v) is 25.9. The second kappa shape index (κ2) is 8.41. The van der Waals surface area contributed by atoms with Crippen LogP contribution in [0.4, 0.5) is 0 Å². The van der Waals surface area contributed by atoms with E-state index in [0.29, 0.717) is 12.5 Å². The summed E-state index contributed by atoms with van der Waals surface area (Å²) in [6.45, 7) is 27.4. The molecule has 0 heterocycles. The average molecular weight is 537 g/mol. The zero-order valence-corrected chi connectivity index (χ0v) is 26.1. The predicted octanol–water partition coefficient (Wildman–Crippen LogP) is 5.93. The molecule has 1 atom stereocenters. The molecular weight excluding hydrogens is 493 g/mol. The second-order valence-corrected chi connectivity index (χ2v) is 43.4. The van der Waals surface area contributed by atoms with E-state index >= 15 is 0 Å². The molecule has 0 aromatic heterocycles. The molecule has 0 radical (unpaired) electrons. The maximum absolute atomic E-state index is 7.27. The summed E-state index contributed by atoms with van der Waals surface area (Å²) in [6, 6.07) is 0. The number of rotatable bonds is 6. The van der Waals surface area contributed by atoms with Crippen LogP contribution in [-0.4, -0.2) is 27.3 Å². The normalized spacial score (nSPS) is 21.4. The Hall–Kier alpha value is 1.26. The summed E-state index contributed by atoms with van der Waals surface area (Å²) in [5.74, 6) is 0.359. The Kier molecular flexibility index (Phi) is 9.49. The smallest absolute Gasteiger partial charge is 0.147 e. The van der Waals surface area contributed by atoms with Gasteiger partial charge in [0.15, 0.2) is 0 Å². The topological polar surface area (TPSA) is 30.5 Å². The van der Waals surface area contributed by atoms with Crippen LogP contribution in [0, 0.1) is 5.92 Å². The van der Waals surface area contributed by atoms with E-state index in [9.17, 15) is 0 Å². The van der Waals surface area contributed by atoms with Crippen molar-refractivity contribution in [2.75, 3.05) is 6.61 Å². The van der Waals surface area contributed by atoms with E-state index in [4.69, 9.17) is 5.32 Å². The van der Waals surface area contributed by atoms with Gasteiger partial charge < -0.3 is 0 Å². The first kappa shape index (κ1) is 30.5. The largest absolute Gasteiger partial charge is 0.147 e. The molecule has 0 aliphatic heterocycles. The number of allylic oxidation sites excluding steroid dienone is 4. The first-order chi connectivity index (χ1) is 10.8. The molecule has 0 spiro atoms. The predicted molar refractivity (Wildman–Crippen MR) is 128 cm³/mol. The van der Waals surface area contributed by atoms with Crippen molar-refractivity contribution in [1.29, 1.82) is 0 Å². The molecule has 1 aliphatic carbocycles. The quantitative estimate of drug-likeness (QED) is 0.427. The molecular formula is C19H44Cl2NO2Si2Zr. The minimum atomic E-state index is -4.93. The second-order valence-electron chi connectivity index (χ2n) is 10.6. The fraction of sp³-hybridized carbons (Fsp3) is 0.789. The summed E-state index contributed by atoms with van der Waals surface area (Å²) < 4.78 is 22.0. The third kappa shape index (κ3) is 6.13. The van der Waals surface area contributed by atoms with E-state index in [-0.39, 0.29) is 30.4 Å². The Morgan fingerprint density at radius 2 is 1.52 bits per heavy atom. The van der Waals surface area contributed by atoms with Crippen LogP contribution in [0.1, 0.15) is 55.4 Å². The van der Waals surface area contributed by atoms with Gasteiger partial charge in [-0.25, -0.2) is 0 Å². The summed E-state index contributed by atoms with van der Waals surface area (Å²) in [5.41, 5.74) is 4.14. The van der Waals surface area contributed by atoms with Gasteiger partial charge >= 0.3 is 159 Å². The van der Waals surface area contributed by atoms with Crippen molar-refractivity contribution in [3.05, 3.63) is 20.0 Å². The van der Waals surface area contributed by atoms with E-state index in [2.05, 4.69) is 82.9 Å². The van der Waals surface area contributed by atoms with Crippen molar-refractivity contribution in [3.63, 3.8) is 0 Å². The number of halogens is 2. The zero-order valence-electron chi connectivity index (χ0n) is 19.6. The SMILES string of the molecule is CC[O][Zr]([CH3])(=[SiH2])([NH]C(C)(C)C)([O][Si](C)(C)C)[C]1=C(C)C(C)=C(C)C1C.Cl.Cl. The maximum atomic E-state index is 7.27. The van der Waals surface area contributed by atoms with Gasteiger partial charge in [-0.05, 0) is 0 Å². The van der Waals surface area contributed by atoms with E-state index in [1.807, 2.05) is 6.88 Å². The van der Waals surface area contributed by atoms with Gasteiger partial charge in [-0.3, -0.25) is 0 Å². The van der Waals surface area contributed by atoms with Crippen molar-refractivity contribution in [1.82, 2.24) is 3.26 Å². The standard InChI is InChI=1S/C9H13.C4H10N.C3H9OSi.C2H5O.CH3.2ClH.H2Si.Zr/c1-6-5-7(2)9(4)8(6)3;1-4(2,3)5;1-5(2,3)4;1-2-3;;;;;/h6H,1-4H3;5H,1-3H3;1-3H3;2H2,1H3;1H3;2*1H;1H2;/q;3*-1;;;;;+3. The Bertz CT molecular complexity index is 711. The summed E-state index contributed by atoms with van der Waals surface area (Å²) >= 11 is -4.93. The van der Waals surface area contributed by atoms with Crippen LogP contribution < -0.4 is 3.26 Å². The fourth-order valence-corrected chi connectivity index (χ4v) is 54.3. The van der Waals surface area contributed by atoms with Crippen molar-refractivity contribution >= 4 is 40.0 Å². The van der Waals surface area contributed by atoms with Crippen molar-refractivity contribution in [2.24, 2.45) is 5.92 Å². The number of nitrogens with one attached hydrogen (secondary N) is 1. The molecule has 163 valence electrons. The monoisotopic (exact) mass is 534 g/mol. The Balaban J connectivity index is 0. The maximum Gasteiger partial charge on any atom is -0.147 e. The van der Waals surface area contributed by atoms with Crippen molar-refractivity contribution in [3.8, 4) is 0 Å². The molecule has 1 rings (SSSR count). The Labute approximate surface area is 182 Å². The van der Waals surface area contributed by atoms with Crippen molar-refractivity contribution in [2.45, 2.75) is 85.2 Å². The van der Waals surface area contributed by atoms with Gasteiger partial charge in [0, 0.05) is 0 Å². The Morgan fingerprint density at radius 3 is 1.78 bits per heavy atom. The molecule has 1 unspecified atom stereocenters. The minimum Gasteiger partial charge on any atom is -0.147 e. The van der Waals surface area contributed by atoms with Crippen LogP contribution >= 0.6 is 24.8 Å². The molecule has 0 fully saturated rings. The molecule has 1 aliphatic rings. The number of hydrogen-bond acceptors (Lipinski definition) is 3. The molecule has 1 N–H and O–H groups in total. The fourth-order valence-electron chi connectivity index (χ4n) is 5.41. The first-order valence-electron chi connectivity index (χ1n) is 9.62. The average Bonchev–Trinajstić information content (AvgIpc) is 2.48. The summed E-state index contributed by atoms with van der Waals surface area (Å²) in [4.78, 5) is 0. The molecule has 0 bridgehead atoms. The van der Waals surface area contributed by atoms with Crippen LogP contribution in [0.3, 0.4) is 0 Å². The van der Waals surface area contributed by atoms with Crippen molar-refractivity contribution < 1.29 is 22.4 Å². The van der Waals surface area contributed by atoms with E-state index in [1.165, 1.54) is 20.0 Å². The van der Waals surface area contributed by atoms with Gasteiger partial charge in [-0.2, -0.15) is 0 Å². The van der Waals surface area contributed by atoms with E-state index in [1.54, 1.807) is 0 Å². The summed E-state index contributed by atoms with van der Waals surface area (Å²) in [7, 11) is -1.89. The molecule has 0 saturated carbocycles. The van der Waals surface area contributed by atoms with Crippen LogP contribution in [0.2, 0.25) is 24.3 Å². The van der Waals surface area contributed by atoms with Gasteiger partial charge in [0.05, 0.1) is 0 Å². The Morgan fingerprint density at radius 1 is 1.07 bits per heavy atom. The zero-order chi connectivity index (χ0) is 20.1. The van der Waals surface area contributed by atoms with Gasteiger partial charge in [0.25, 0.3) is 0 Å².